The minimum atomic E-state index is -4.37. The summed E-state index contributed by atoms with van der Waals surface area (Å²) in [6.45, 7) is 2.30. The van der Waals surface area contributed by atoms with Gasteiger partial charge in [-0.05, 0) is 51.1 Å². The summed E-state index contributed by atoms with van der Waals surface area (Å²) in [5, 5.41) is 0. The zero-order valence-electron chi connectivity index (χ0n) is 12.5. The number of nitrogens with zero attached hydrogens (tertiary/aromatic N) is 2. The lowest BCUT2D eigenvalue weighted by atomic mass is 9.95. The molecule has 0 radical (unpaired) electrons. The smallest absolute Gasteiger partial charge is 0.399 e. The van der Waals surface area contributed by atoms with Crippen molar-refractivity contribution in [2.45, 2.75) is 19.0 Å². The summed E-state index contributed by atoms with van der Waals surface area (Å²) in [7, 11) is 4.04. The van der Waals surface area contributed by atoms with E-state index < -0.39 is 11.7 Å². The SMILES string of the molecule is CN(C)CC1CCN(c2ccc(N)cc2C(F)(F)F)CC1. The highest BCUT2D eigenvalue weighted by atomic mass is 19.4. The first-order valence-corrected chi connectivity index (χ1v) is 7.14. The molecule has 0 aliphatic carbocycles. The average Bonchev–Trinajstić information content (AvgIpc) is 2.38. The van der Waals surface area contributed by atoms with Crippen molar-refractivity contribution < 1.29 is 13.2 Å². The molecule has 1 aliphatic heterocycles. The van der Waals surface area contributed by atoms with E-state index in [1.165, 1.54) is 12.1 Å². The van der Waals surface area contributed by atoms with Crippen molar-refractivity contribution >= 4 is 11.4 Å². The zero-order valence-corrected chi connectivity index (χ0v) is 12.5. The van der Waals surface area contributed by atoms with Crippen LogP contribution in [0.15, 0.2) is 18.2 Å². The quantitative estimate of drug-likeness (QED) is 0.871. The lowest BCUT2D eigenvalue weighted by molar-refractivity contribution is -0.137. The second-order valence-corrected chi connectivity index (χ2v) is 5.97. The summed E-state index contributed by atoms with van der Waals surface area (Å²) in [5.74, 6) is 0.555. The third-order valence-corrected chi connectivity index (χ3v) is 3.90. The van der Waals surface area contributed by atoms with Crippen LogP contribution in [-0.4, -0.2) is 38.6 Å². The van der Waals surface area contributed by atoms with Crippen LogP contribution >= 0.6 is 0 Å². The molecule has 2 rings (SSSR count). The second kappa shape index (κ2) is 6.13. The van der Waals surface area contributed by atoms with Gasteiger partial charge in [0, 0.05) is 31.0 Å². The van der Waals surface area contributed by atoms with Crippen LogP contribution in [0.2, 0.25) is 0 Å². The molecule has 0 amide bonds. The van der Waals surface area contributed by atoms with Crippen molar-refractivity contribution in [1.82, 2.24) is 4.90 Å². The van der Waals surface area contributed by atoms with E-state index in [1.807, 2.05) is 19.0 Å². The molecule has 1 saturated heterocycles. The molecule has 118 valence electrons. The molecule has 0 atom stereocenters. The molecule has 6 heteroatoms. The van der Waals surface area contributed by atoms with Crippen molar-refractivity contribution in [2.24, 2.45) is 5.92 Å². The van der Waals surface area contributed by atoms with Gasteiger partial charge in [-0.15, -0.1) is 0 Å². The number of rotatable bonds is 3. The Bertz CT molecular complexity index is 478. The van der Waals surface area contributed by atoms with Crippen molar-refractivity contribution in [3.8, 4) is 0 Å². The van der Waals surface area contributed by atoms with Crippen molar-refractivity contribution in [3.05, 3.63) is 23.8 Å². The molecule has 21 heavy (non-hydrogen) atoms. The fourth-order valence-corrected chi connectivity index (χ4v) is 2.93. The summed E-state index contributed by atoms with van der Waals surface area (Å²) in [6, 6.07) is 4.06. The minimum absolute atomic E-state index is 0.147. The van der Waals surface area contributed by atoms with Crippen LogP contribution in [-0.2, 0) is 6.18 Å². The van der Waals surface area contributed by atoms with Crippen LogP contribution in [0.1, 0.15) is 18.4 Å². The molecule has 1 fully saturated rings. The number of anilines is 2. The highest BCUT2D eigenvalue weighted by Crippen LogP contribution is 2.39. The van der Waals surface area contributed by atoms with Gasteiger partial charge in [-0.3, -0.25) is 0 Å². The molecule has 2 N–H and O–H groups in total. The third-order valence-electron chi connectivity index (χ3n) is 3.90. The number of hydrogen-bond acceptors (Lipinski definition) is 3. The molecular formula is C15H22F3N3. The number of nitrogens with two attached hydrogens (primary N) is 1. The number of halogens is 3. The normalized spacial score (nSPS) is 17.5. The Morgan fingerprint density at radius 2 is 1.86 bits per heavy atom. The van der Waals surface area contributed by atoms with Gasteiger partial charge in [0.15, 0.2) is 0 Å². The Morgan fingerprint density at radius 1 is 1.24 bits per heavy atom. The molecule has 1 heterocycles. The highest BCUT2D eigenvalue weighted by molar-refractivity contribution is 5.61. The molecule has 0 spiro atoms. The van der Waals surface area contributed by atoms with E-state index >= 15 is 0 Å². The van der Waals surface area contributed by atoms with Crippen LogP contribution in [0.5, 0.6) is 0 Å². The molecule has 1 aliphatic rings. The second-order valence-electron chi connectivity index (χ2n) is 5.97. The summed E-state index contributed by atoms with van der Waals surface area (Å²) in [4.78, 5) is 3.96. The number of benzene rings is 1. The van der Waals surface area contributed by atoms with Crippen LogP contribution in [0, 0.1) is 5.92 Å². The lowest BCUT2D eigenvalue weighted by Gasteiger charge is -2.36. The summed E-state index contributed by atoms with van der Waals surface area (Å²) in [6.07, 6.45) is -2.54. The average molecular weight is 301 g/mol. The molecular weight excluding hydrogens is 279 g/mol. The molecule has 3 nitrogen and oxygen atoms in total. The van der Waals surface area contributed by atoms with E-state index in [4.69, 9.17) is 5.73 Å². The molecule has 1 aromatic carbocycles. The molecule has 0 saturated carbocycles. The number of hydrogen-bond donors (Lipinski definition) is 1. The molecule has 0 aromatic heterocycles. The number of piperidine rings is 1. The van der Waals surface area contributed by atoms with Crippen molar-refractivity contribution in [3.63, 3.8) is 0 Å². The van der Waals surface area contributed by atoms with E-state index in [9.17, 15) is 13.2 Å². The van der Waals surface area contributed by atoms with Gasteiger partial charge < -0.3 is 15.5 Å². The Balaban J connectivity index is 2.13. The van der Waals surface area contributed by atoms with E-state index in [-0.39, 0.29) is 11.4 Å². The maximum atomic E-state index is 13.1. The van der Waals surface area contributed by atoms with Crippen molar-refractivity contribution in [2.75, 3.05) is 44.4 Å². The zero-order chi connectivity index (χ0) is 15.6. The van der Waals surface area contributed by atoms with Gasteiger partial charge in [-0.1, -0.05) is 0 Å². The monoisotopic (exact) mass is 301 g/mol. The minimum Gasteiger partial charge on any atom is -0.399 e. The van der Waals surface area contributed by atoms with Crippen LogP contribution in [0.25, 0.3) is 0 Å². The van der Waals surface area contributed by atoms with Gasteiger partial charge in [0.05, 0.1) is 5.56 Å². The van der Waals surface area contributed by atoms with E-state index in [1.54, 1.807) is 0 Å². The molecule has 0 bridgehead atoms. The fraction of sp³-hybridized carbons (Fsp3) is 0.600. The summed E-state index contributed by atoms with van der Waals surface area (Å²) in [5.41, 5.74) is 5.27. The first-order chi connectivity index (χ1) is 9.77. The van der Waals surface area contributed by atoms with Gasteiger partial charge in [0.1, 0.15) is 0 Å². The third kappa shape index (κ3) is 4.03. The Hall–Kier alpha value is -1.43. The van der Waals surface area contributed by atoms with E-state index in [0.29, 0.717) is 19.0 Å². The lowest BCUT2D eigenvalue weighted by Crippen LogP contribution is -2.38. The fourth-order valence-electron chi connectivity index (χ4n) is 2.93. The van der Waals surface area contributed by atoms with Gasteiger partial charge in [0.25, 0.3) is 0 Å². The first kappa shape index (κ1) is 15.9. The Kier molecular flexibility index (Phi) is 4.66. The first-order valence-electron chi connectivity index (χ1n) is 7.14. The highest BCUT2D eigenvalue weighted by Gasteiger charge is 2.35. The molecule has 0 unspecified atom stereocenters. The Labute approximate surface area is 123 Å². The van der Waals surface area contributed by atoms with Gasteiger partial charge in [-0.25, -0.2) is 0 Å². The summed E-state index contributed by atoms with van der Waals surface area (Å²) < 4.78 is 39.4. The van der Waals surface area contributed by atoms with E-state index in [2.05, 4.69) is 4.90 Å². The van der Waals surface area contributed by atoms with Crippen molar-refractivity contribution in [1.29, 1.82) is 0 Å². The maximum Gasteiger partial charge on any atom is 0.418 e. The summed E-state index contributed by atoms with van der Waals surface area (Å²) >= 11 is 0. The van der Waals surface area contributed by atoms with Gasteiger partial charge in [0.2, 0.25) is 0 Å². The van der Waals surface area contributed by atoms with Crippen LogP contribution < -0.4 is 10.6 Å². The van der Waals surface area contributed by atoms with Crippen LogP contribution in [0.4, 0.5) is 24.5 Å². The topological polar surface area (TPSA) is 32.5 Å². The van der Waals surface area contributed by atoms with Gasteiger partial charge in [-0.2, -0.15) is 13.2 Å². The number of nitrogen functional groups attached to an aromatic ring is 1. The van der Waals surface area contributed by atoms with Gasteiger partial charge >= 0.3 is 6.18 Å². The standard InChI is InChI=1S/C15H22F3N3/c1-20(2)10-11-5-7-21(8-6-11)14-4-3-12(19)9-13(14)15(16,17)18/h3-4,9,11H,5-8,10,19H2,1-2H3. The maximum absolute atomic E-state index is 13.1. The van der Waals surface area contributed by atoms with Crippen LogP contribution in [0.3, 0.4) is 0 Å². The van der Waals surface area contributed by atoms with E-state index in [0.717, 1.165) is 25.5 Å². The largest absolute Gasteiger partial charge is 0.418 e. The predicted octanol–water partition coefficient (Wildman–Crippen LogP) is 3.07. The predicted molar refractivity (Wildman–Crippen MR) is 79.3 cm³/mol. The Morgan fingerprint density at radius 3 is 2.38 bits per heavy atom. The number of alkyl halides is 3. The molecule has 1 aromatic rings.